The predicted molar refractivity (Wildman–Crippen MR) is 73.9 cm³/mol. The number of aromatic amines is 1. The highest BCUT2D eigenvalue weighted by molar-refractivity contribution is 6.28. The van der Waals surface area contributed by atoms with Gasteiger partial charge in [-0.15, -0.1) is 0 Å². The largest absolute Gasteiger partial charge is 0.380 e. The molecule has 1 aliphatic heterocycles. The zero-order valence-electron chi connectivity index (χ0n) is 10.9. The van der Waals surface area contributed by atoms with Gasteiger partial charge < -0.3 is 9.72 Å². The normalized spacial score (nSPS) is 22.2. The summed E-state index contributed by atoms with van der Waals surface area (Å²) >= 11 is 5.85. The summed E-state index contributed by atoms with van der Waals surface area (Å²) in [4.78, 5) is 23.1. The van der Waals surface area contributed by atoms with Crippen molar-refractivity contribution in [1.82, 2.24) is 19.5 Å². The molecular weight excluding hydrogens is 280 g/mol. The van der Waals surface area contributed by atoms with Crippen LogP contribution in [0.25, 0.3) is 11.2 Å². The fraction of sp³-hybridized carbons (Fsp3) is 0.615. The molecule has 106 valence electrons. The first-order chi connectivity index (χ1) is 9.67. The first-order valence-corrected chi connectivity index (χ1v) is 7.25. The van der Waals surface area contributed by atoms with Crippen LogP contribution in [0.4, 0.5) is 0 Å². The molecule has 1 saturated carbocycles. The van der Waals surface area contributed by atoms with Gasteiger partial charge in [-0.05, 0) is 37.3 Å². The number of imidazole rings is 1. The predicted octanol–water partition coefficient (Wildman–Crippen LogP) is 1.90. The molecule has 0 atom stereocenters. The molecule has 2 aromatic heterocycles. The molecule has 4 rings (SSSR count). The van der Waals surface area contributed by atoms with E-state index in [0.29, 0.717) is 16.6 Å². The standard InChI is InChI=1S/C13H15ClN4O2/c14-11-15-5-9-10(17-11)18(12(19)16-9)8-1-3-13(4-2-8)6-20-7-13/h5,8H,1-4,6-7H2,(H,16,19). The van der Waals surface area contributed by atoms with E-state index in [1.165, 1.54) is 0 Å². The molecule has 2 aromatic rings. The van der Waals surface area contributed by atoms with E-state index < -0.39 is 0 Å². The summed E-state index contributed by atoms with van der Waals surface area (Å²) in [6.07, 6.45) is 5.74. The van der Waals surface area contributed by atoms with E-state index in [4.69, 9.17) is 16.3 Å². The van der Waals surface area contributed by atoms with Crippen molar-refractivity contribution in [3.8, 4) is 0 Å². The van der Waals surface area contributed by atoms with Crippen molar-refractivity contribution >= 4 is 22.8 Å². The third-order valence-electron chi connectivity index (χ3n) is 4.63. The lowest BCUT2D eigenvalue weighted by Crippen LogP contribution is -2.45. The molecule has 0 aromatic carbocycles. The second-order valence-corrected chi connectivity index (χ2v) is 6.24. The van der Waals surface area contributed by atoms with Gasteiger partial charge in [0, 0.05) is 11.5 Å². The monoisotopic (exact) mass is 294 g/mol. The molecule has 2 aliphatic rings. The minimum atomic E-state index is -0.123. The first kappa shape index (κ1) is 12.3. The first-order valence-electron chi connectivity index (χ1n) is 6.87. The average Bonchev–Trinajstić information content (AvgIpc) is 2.72. The molecule has 6 nitrogen and oxygen atoms in total. The molecule has 0 radical (unpaired) electrons. The van der Waals surface area contributed by atoms with Crippen LogP contribution in [0.3, 0.4) is 0 Å². The van der Waals surface area contributed by atoms with Crippen molar-refractivity contribution in [1.29, 1.82) is 0 Å². The van der Waals surface area contributed by atoms with Gasteiger partial charge in [0.1, 0.15) is 5.52 Å². The zero-order chi connectivity index (χ0) is 13.7. The van der Waals surface area contributed by atoms with Crippen molar-refractivity contribution in [3.63, 3.8) is 0 Å². The maximum absolute atomic E-state index is 12.2. The van der Waals surface area contributed by atoms with Gasteiger partial charge in [0.05, 0.1) is 19.4 Å². The fourth-order valence-electron chi connectivity index (χ4n) is 3.39. The number of rotatable bonds is 1. The Bertz CT molecular complexity index is 709. The van der Waals surface area contributed by atoms with Gasteiger partial charge in [0.2, 0.25) is 5.28 Å². The summed E-state index contributed by atoms with van der Waals surface area (Å²) in [5.74, 6) is 0. The number of nitrogens with one attached hydrogen (secondary N) is 1. The highest BCUT2D eigenvalue weighted by Crippen LogP contribution is 2.45. The Kier molecular flexibility index (Phi) is 2.65. The van der Waals surface area contributed by atoms with Gasteiger partial charge >= 0.3 is 5.69 Å². The van der Waals surface area contributed by atoms with Crippen LogP contribution in [0.5, 0.6) is 0 Å². The molecule has 1 aliphatic carbocycles. The zero-order valence-corrected chi connectivity index (χ0v) is 11.7. The SMILES string of the molecule is O=c1[nH]c2cnc(Cl)nc2n1C1CCC2(CC1)COC2. The van der Waals surface area contributed by atoms with E-state index in [2.05, 4.69) is 15.0 Å². The van der Waals surface area contributed by atoms with Crippen LogP contribution < -0.4 is 5.69 Å². The van der Waals surface area contributed by atoms with E-state index in [-0.39, 0.29) is 17.0 Å². The smallest absolute Gasteiger partial charge is 0.327 e. The van der Waals surface area contributed by atoms with Gasteiger partial charge in [-0.25, -0.2) is 9.78 Å². The van der Waals surface area contributed by atoms with Crippen LogP contribution in [0.15, 0.2) is 11.0 Å². The maximum atomic E-state index is 12.2. The summed E-state index contributed by atoms with van der Waals surface area (Å²) in [7, 11) is 0. The fourth-order valence-corrected chi connectivity index (χ4v) is 3.52. The van der Waals surface area contributed by atoms with E-state index in [0.717, 1.165) is 38.9 Å². The number of H-pyrrole nitrogens is 1. The van der Waals surface area contributed by atoms with Crippen molar-refractivity contribution in [2.75, 3.05) is 13.2 Å². The van der Waals surface area contributed by atoms with E-state index in [9.17, 15) is 4.79 Å². The van der Waals surface area contributed by atoms with Crippen molar-refractivity contribution in [2.45, 2.75) is 31.7 Å². The van der Waals surface area contributed by atoms with E-state index >= 15 is 0 Å². The van der Waals surface area contributed by atoms with Crippen LogP contribution in [0, 0.1) is 5.41 Å². The van der Waals surface area contributed by atoms with E-state index in [1.807, 2.05) is 0 Å². The number of ether oxygens (including phenoxy) is 1. The molecule has 0 bridgehead atoms. The van der Waals surface area contributed by atoms with Crippen LogP contribution in [-0.2, 0) is 4.74 Å². The summed E-state index contributed by atoms with van der Waals surface area (Å²) in [5.41, 5.74) is 1.51. The van der Waals surface area contributed by atoms with Crippen molar-refractivity contribution < 1.29 is 4.74 Å². The van der Waals surface area contributed by atoms with Gasteiger partial charge in [0.15, 0.2) is 5.65 Å². The maximum Gasteiger partial charge on any atom is 0.327 e. The Morgan fingerprint density at radius 3 is 2.80 bits per heavy atom. The lowest BCUT2D eigenvalue weighted by molar-refractivity contribution is -0.135. The molecule has 7 heteroatoms. The van der Waals surface area contributed by atoms with Gasteiger partial charge in [-0.1, -0.05) is 0 Å². The molecule has 2 fully saturated rings. The van der Waals surface area contributed by atoms with Crippen LogP contribution in [0.2, 0.25) is 5.28 Å². The number of nitrogens with zero attached hydrogens (tertiary/aromatic N) is 3. The van der Waals surface area contributed by atoms with Crippen LogP contribution in [0.1, 0.15) is 31.7 Å². The lowest BCUT2D eigenvalue weighted by Gasteiger charge is -2.46. The Morgan fingerprint density at radius 1 is 1.40 bits per heavy atom. The quantitative estimate of drug-likeness (QED) is 0.815. The van der Waals surface area contributed by atoms with Crippen molar-refractivity contribution in [2.24, 2.45) is 5.41 Å². The third-order valence-corrected chi connectivity index (χ3v) is 4.81. The molecule has 1 saturated heterocycles. The number of aromatic nitrogens is 4. The lowest BCUT2D eigenvalue weighted by atomic mass is 9.71. The van der Waals surface area contributed by atoms with Gasteiger partial charge in [0.25, 0.3) is 0 Å². The summed E-state index contributed by atoms with van der Waals surface area (Å²) in [5, 5.41) is 0.171. The highest BCUT2D eigenvalue weighted by Gasteiger charge is 2.42. The highest BCUT2D eigenvalue weighted by atomic mass is 35.5. The average molecular weight is 295 g/mol. The number of hydrogen-bond acceptors (Lipinski definition) is 4. The molecule has 1 spiro atoms. The summed E-state index contributed by atoms with van der Waals surface area (Å²) < 4.78 is 7.08. The number of fused-ring (bicyclic) bond motifs is 1. The number of hydrogen-bond donors (Lipinski definition) is 1. The minimum Gasteiger partial charge on any atom is -0.380 e. The molecule has 20 heavy (non-hydrogen) atoms. The molecular formula is C13H15ClN4O2. The minimum absolute atomic E-state index is 0.123. The van der Waals surface area contributed by atoms with Gasteiger partial charge in [-0.2, -0.15) is 4.98 Å². The molecule has 1 N–H and O–H groups in total. The Hall–Kier alpha value is -1.40. The van der Waals surface area contributed by atoms with Crippen molar-refractivity contribution in [3.05, 3.63) is 22.0 Å². The Labute approximate surface area is 120 Å². The Balaban J connectivity index is 1.70. The summed E-state index contributed by atoms with van der Waals surface area (Å²) in [6.45, 7) is 1.74. The molecule has 3 heterocycles. The van der Waals surface area contributed by atoms with E-state index in [1.54, 1.807) is 10.8 Å². The van der Waals surface area contributed by atoms with Gasteiger partial charge in [-0.3, -0.25) is 4.57 Å². The van der Waals surface area contributed by atoms with Crippen LogP contribution >= 0.6 is 11.6 Å². The molecule has 0 amide bonds. The molecule has 0 unspecified atom stereocenters. The Morgan fingerprint density at radius 2 is 2.15 bits per heavy atom. The topological polar surface area (TPSA) is 72.8 Å². The third kappa shape index (κ3) is 1.78. The summed E-state index contributed by atoms with van der Waals surface area (Å²) in [6, 6.07) is 0.188. The number of halogens is 1. The second-order valence-electron chi connectivity index (χ2n) is 5.90. The second kappa shape index (κ2) is 4.30. The van der Waals surface area contributed by atoms with Crippen LogP contribution in [-0.4, -0.2) is 32.7 Å².